The SMILES string of the molecule is CCC1CCCC(C(=O)C(C)(C)C(C)(C)N)C1. The van der Waals surface area contributed by atoms with E-state index >= 15 is 0 Å². The number of Topliss-reactive ketones (excluding diaryl/α,β-unsaturated/α-hetero) is 1. The molecule has 2 N–H and O–H groups in total. The molecule has 0 saturated heterocycles. The number of carbonyl (C=O) groups is 1. The highest BCUT2D eigenvalue weighted by Gasteiger charge is 2.43. The van der Waals surface area contributed by atoms with Gasteiger partial charge in [0.15, 0.2) is 0 Å². The third kappa shape index (κ3) is 3.09. The van der Waals surface area contributed by atoms with Gasteiger partial charge in [-0.3, -0.25) is 4.79 Å². The van der Waals surface area contributed by atoms with E-state index < -0.39 is 11.0 Å². The Bertz CT molecular complexity index is 275. The van der Waals surface area contributed by atoms with Gasteiger partial charge in [-0.2, -0.15) is 0 Å². The van der Waals surface area contributed by atoms with Gasteiger partial charge >= 0.3 is 0 Å². The van der Waals surface area contributed by atoms with Gasteiger partial charge in [0, 0.05) is 16.9 Å². The van der Waals surface area contributed by atoms with Crippen molar-refractivity contribution >= 4 is 5.78 Å². The summed E-state index contributed by atoms with van der Waals surface area (Å²) in [6, 6.07) is 0. The molecule has 2 nitrogen and oxygen atoms in total. The summed E-state index contributed by atoms with van der Waals surface area (Å²) in [5.41, 5.74) is 5.30. The Hall–Kier alpha value is -0.370. The van der Waals surface area contributed by atoms with E-state index in [4.69, 9.17) is 5.73 Å². The molecule has 2 unspecified atom stereocenters. The zero-order chi connectivity index (χ0) is 13.3. The van der Waals surface area contributed by atoms with Crippen LogP contribution in [0.4, 0.5) is 0 Å². The third-order valence-electron chi connectivity index (χ3n) is 4.96. The second-order valence-corrected chi connectivity index (χ2v) is 6.85. The van der Waals surface area contributed by atoms with Crippen LogP contribution in [-0.2, 0) is 4.79 Å². The number of hydrogen-bond donors (Lipinski definition) is 1. The molecule has 1 saturated carbocycles. The summed E-state index contributed by atoms with van der Waals surface area (Å²) in [6.07, 6.45) is 5.85. The first-order valence-corrected chi connectivity index (χ1v) is 7.03. The molecule has 0 heterocycles. The van der Waals surface area contributed by atoms with Gasteiger partial charge in [-0.25, -0.2) is 0 Å². The van der Waals surface area contributed by atoms with Crippen molar-refractivity contribution in [3.05, 3.63) is 0 Å². The zero-order valence-electron chi connectivity index (χ0n) is 12.2. The van der Waals surface area contributed by atoms with Crippen LogP contribution in [0, 0.1) is 17.3 Å². The molecule has 100 valence electrons. The first-order chi connectivity index (χ1) is 7.70. The number of hydrogen-bond acceptors (Lipinski definition) is 2. The highest BCUT2D eigenvalue weighted by Crippen LogP contribution is 2.39. The largest absolute Gasteiger partial charge is 0.325 e. The summed E-state index contributed by atoms with van der Waals surface area (Å²) in [5, 5.41) is 0. The van der Waals surface area contributed by atoms with E-state index in [0.29, 0.717) is 5.78 Å². The Morgan fingerprint density at radius 2 is 1.82 bits per heavy atom. The quantitative estimate of drug-likeness (QED) is 0.815. The van der Waals surface area contributed by atoms with Crippen LogP contribution in [0.1, 0.15) is 66.7 Å². The van der Waals surface area contributed by atoms with Crippen molar-refractivity contribution in [1.82, 2.24) is 0 Å². The monoisotopic (exact) mass is 239 g/mol. The number of rotatable bonds is 4. The van der Waals surface area contributed by atoms with Gasteiger partial charge in [0.05, 0.1) is 0 Å². The van der Waals surface area contributed by atoms with Crippen LogP contribution in [-0.4, -0.2) is 11.3 Å². The Labute approximate surface area is 106 Å². The summed E-state index contributed by atoms with van der Waals surface area (Å²) < 4.78 is 0. The van der Waals surface area contributed by atoms with Gasteiger partial charge in [0.2, 0.25) is 0 Å². The molecule has 0 aromatic carbocycles. The lowest BCUT2D eigenvalue weighted by Gasteiger charge is -2.41. The maximum Gasteiger partial charge on any atom is 0.143 e. The Balaban J connectivity index is 2.76. The average Bonchev–Trinajstić information content (AvgIpc) is 2.26. The minimum atomic E-state index is -0.441. The molecule has 0 aliphatic heterocycles. The van der Waals surface area contributed by atoms with Crippen molar-refractivity contribution in [2.24, 2.45) is 23.0 Å². The third-order valence-corrected chi connectivity index (χ3v) is 4.96. The predicted octanol–water partition coefficient (Wildman–Crippen LogP) is 3.54. The van der Waals surface area contributed by atoms with Gasteiger partial charge in [-0.05, 0) is 32.6 Å². The second kappa shape index (κ2) is 5.09. The Kier molecular flexibility index (Phi) is 4.40. The molecule has 1 fully saturated rings. The molecular formula is C15H29NO. The van der Waals surface area contributed by atoms with Crippen LogP contribution in [0.3, 0.4) is 0 Å². The van der Waals surface area contributed by atoms with E-state index in [0.717, 1.165) is 18.8 Å². The van der Waals surface area contributed by atoms with Crippen molar-refractivity contribution < 1.29 is 4.79 Å². The molecule has 0 bridgehead atoms. The van der Waals surface area contributed by atoms with Crippen LogP contribution in [0.5, 0.6) is 0 Å². The first kappa shape index (κ1) is 14.7. The standard InChI is InChI=1S/C15H29NO/c1-6-11-8-7-9-12(10-11)13(17)14(2,3)15(4,5)16/h11-12H,6-10,16H2,1-5H3. The fourth-order valence-electron chi connectivity index (χ4n) is 2.73. The smallest absolute Gasteiger partial charge is 0.143 e. The summed E-state index contributed by atoms with van der Waals surface area (Å²) in [4.78, 5) is 12.6. The molecule has 1 aliphatic rings. The number of ketones is 1. The van der Waals surface area contributed by atoms with Crippen LogP contribution in [0.2, 0.25) is 0 Å². The molecule has 0 radical (unpaired) electrons. The normalized spacial score (nSPS) is 26.9. The summed E-state index contributed by atoms with van der Waals surface area (Å²) in [7, 11) is 0. The van der Waals surface area contributed by atoms with E-state index in [1.807, 2.05) is 27.7 Å². The molecule has 2 atom stereocenters. The van der Waals surface area contributed by atoms with E-state index in [1.165, 1.54) is 19.3 Å². The molecule has 2 heteroatoms. The fourth-order valence-corrected chi connectivity index (χ4v) is 2.73. The van der Waals surface area contributed by atoms with Crippen LogP contribution in [0.15, 0.2) is 0 Å². The van der Waals surface area contributed by atoms with E-state index in [9.17, 15) is 4.79 Å². The summed E-state index contributed by atoms with van der Waals surface area (Å²) in [5.74, 6) is 1.36. The molecule has 1 aliphatic carbocycles. The lowest BCUT2D eigenvalue weighted by molar-refractivity contribution is -0.135. The van der Waals surface area contributed by atoms with Gasteiger partial charge < -0.3 is 5.73 Å². The molecule has 0 amide bonds. The number of carbonyl (C=O) groups excluding carboxylic acids is 1. The molecule has 17 heavy (non-hydrogen) atoms. The van der Waals surface area contributed by atoms with Gasteiger partial charge in [0.1, 0.15) is 5.78 Å². The van der Waals surface area contributed by atoms with Crippen molar-refractivity contribution in [1.29, 1.82) is 0 Å². The molecule has 0 aromatic rings. The Morgan fingerprint density at radius 3 is 2.29 bits per heavy atom. The highest BCUT2D eigenvalue weighted by molar-refractivity contribution is 5.87. The van der Waals surface area contributed by atoms with E-state index in [1.54, 1.807) is 0 Å². The van der Waals surface area contributed by atoms with Gasteiger partial charge in [0.25, 0.3) is 0 Å². The van der Waals surface area contributed by atoms with Crippen LogP contribution < -0.4 is 5.73 Å². The lowest BCUT2D eigenvalue weighted by atomic mass is 9.65. The fraction of sp³-hybridized carbons (Fsp3) is 0.933. The maximum atomic E-state index is 12.6. The zero-order valence-corrected chi connectivity index (χ0v) is 12.2. The average molecular weight is 239 g/mol. The molecule has 0 spiro atoms. The highest BCUT2D eigenvalue weighted by atomic mass is 16.1. The Morgan fingerprint density at radius 1 is 1.24 bits per heavy atom. The summed E-state index contributed by atoms with van der Waals surface area (Å²) in [6.45, 7) is 10.2. The first-order valence-electron chi connectivity index (χ1n) is 7.03. The van der Waals surface area contributed by atoms with Crippen molar-refractivity contribution in [3.8, 4) is 0 Å². The van der Waals surface area contributed by atoms with Crippen molar-refractivity contribution in [2.75, 3.05) is 0 Å². The van der Waals surface area contributed by atoms with E-state index in [-0.39, 0.29) is 5.92 Å². The minimum absolute atomic E-state index is 0.242. The predicted molar refractivity (Wildman–Crippen MR) is 72.8 cm³/mol. The van der Waals surface area contributed by atoms with Gasteiger partial charge in [-0.15, -0.1) is 0 Å². The van der Waals surface area contributed by atoms with Crippen molar-refractivity contribution in [2.45, 2.75) is 72.3 Å². The van der Waals surface area contributed by atoms with Crippen LogP contribution >= 0.6 is 0 Å². The van der Waals surface area contributed by atoms with E-state index in [2.05, 4.69) is 6.92 Å². The topological polar surface area (TPSA) is 43.1 Å². The second-order valence-electron chi connectivity index (χ2n) is 6.85. The summed E-state index contributed by atoms with van der Waals surface area (Å²) >= 11 is 0. The lowest BCUT2D eigenvalue weighted by Crippen LogP contribution is -2.53. The van der Waals surface area contributed by atoms with Crippen molar-refractivity contribution in [3.63, 3.8) is 0 Å². The minimum Gasteiger partial charge on any atom is -0.325 e. The molecular weight excluding hydrogens is 210 g/mol. The number of nitrogens with two attached hydrogens (primary N) is 1. The van der Waals surface area contributed by atoms with Gasteiger partial charge in [-0.1, -0.05) is 40.0 Å². The van der Waals surface area contributed by atoms with Crippen LogP contribution in [0.25, 0.3) is 0 Å². The maximum absolute atomic E-state index is 12.6. The molecule has 0 aromatic heterocycles. The molecule has 1 rings (SSSR count).